The zero-order valence-corrected chi connectivity index (χ0v) is 14.6. The van der Waals surface area contributed by atoms with Crippen LogP contribution in [-0.4, -0.2) is 28.1 Å². The molecule has 0 spiro atoms. The normalized spacial score (nSPS) is 11.3. The Morgan fingerprint density at radius 1 is 1.15 bits per heavy atom. The summed E-state index contributed by atoms with van der Waals surface area (Å²) in [4.78, 5) is 29.1. The lowest BCUT2D eigenvalue weighted by Gasteiger charge is -2.06. The van der Waals surface area contributed by atoms with Gasteiger partial charge in [-0.3, -0.25) is 0 Å². The highest BCUT2D eigenvalue weighted by molar-refractivity contribution is 8.67. The van der Waals surface area contributed by atoms with Crippen molar-refractivity contribution < 1.29 is 19.3 Å². The largest absolute Gasteiger partial charge is 0.462 e. The first-order valence-electron chi connectivity index (χ1n) is 6.85. The molecule has 20 heavy (non-hydrogen) atoms. The maximum Gasteiger partial charge on any atom is 0.333 e. The molecule has 0 aromatic carbocycles. The van der Waals surface area contributed by atoms with Gasteiger partial charge in [-0.05, 0) is 31.6 Å². The van der Waals surface area contributed by atoms with E-state index in [9.17, 15) is 4.79 Å². The molecule has 0 unspecified atom stereocenters. The van der Waals surface area contributed by atoms with Crippen molar-refractivity contribution in [1.82, 2.24) is 0 Å². The van der Waals surface area contributed by atoms with Gasteiger partial charge in [0.05, 0.1) is 6.61 Å². The topological polar surface area (TPSA) is 66.8 Å². The molecule has 0 atom stereocenters. The number of unbranched alkanes of at least 4 members (excludes halogenated alkanes) is 6. The fourth-order valence-electron chi connectivity index (χ4n) is 1.56. The van der Waals surface area contributed by atoms with Crippen molar-refractivity contribution in [2.45, 2.75) is 51.9 Å². The van der Waals surface area contributed by atoms with Crippen molar-refractivity contribution in [3.05, 3.63) is 12.2 Å². The third kappa shape index (κ3) is 14.5. The first-order valence-corrected chi connectivity index (χ1v) is 11.2. The molecule has 0 fully saturated rings. The van der Waals surface area contributed by atoms with Gasteiger partial charge in [-0.25, -0.2) is 4.79 Å². The van der Waals surface area contributed by atoms with E-state index in [0.717, 1.165) is 62.1 Å². The number of ether oxygens (including phenoxy) is 1. The molecule has 7 heteroatoms. The Labute approximate surface area is 130 Å². The van der Waals surface area contributed by atoms with Crippen LogP contribution < -0.4 is 0 Å². The molecular weight excluding hydrogens is 315 g/mol. The molecule has 0 aromatic heterocycles. The molecule has 0 aromatic rings. The third-order valence-electron chi connectivity index (χ3n) is 2.63. The summed E-state index contributed by atoms with van der Waals surface area (Å²) in [5.74, 6) is 0.414. The van der Waals surface area contributed by atoms with E-state index >= 15 is 0 Å². The van der Waals surface area contributed by atoms with Crippen LogP contribution in [0.2, 0.25) is 0 Å². The highest BCUT2D eigenvalue weighted by Gasteiger charge is 2.06. The Kier molecular flexibility index (Phi) is 11.8. The predicted molar refractivity (Wildman–Crippen MR) is 89.3 cm³/mol. The third-order valence-corrected chi connectivity index (χ3v) is 5.94. The minimum Gasteiger partial charge on any atom is -0.462 e. The van der Waals surface area contributed by atoms with Gasteiger partial charge in [-0.15, -0.1) is 0 Å². The summed E-state index contributed by atoms with van der Waals surface area (Å²) in [5.41, 5.74) is -2.61. The summed E-state index contributed by atoms with van der Waals surface area (Å²) in [6, 6.07) is 0. The molecule has 118 valence electrons. The number of hydrogen-bond donors (Lipinski definition) is 2. The first-order chi connectivity index (χ1) is 9.33. The van der Waals surface area contributed by atoms with Crippen molar-refractivity contribution in [3.63, 3.8) is 0 Å². The van der Waals surface area contributed by atoms with Gasteiger partial charge in [-0.2, -0.15) is 0 Å². The van der Waals surface area contributed by atoms with Gasteiger partial charge in [-0.1, -0.05) is 50.1 Å². The van der Waals surface area contributed by atoms with Crippen molar-refractivity contribution >= 4 is 34.9 Å². The van der Waals surface area contributed by atoms with Gasteiger partial charge in [0.1, 0.15) is 0 Å². The smallest absolute Gasteiger partial charge is 0.333 e. The fraction of sp³-hybridized carbons (Fsp3) is 0.769. The number of rotatable bonds is 12. The average Bonchev–Trinajstić information content (AvgIpc) is 2.34. The lowest BCUT2D eigenvalue weighted by molar-refractivity contribution is -0.139. The van der Waals surface area contributed by atoms with E-state index in [1.807, 2.05) is 0 Å². The predicted octanol–water partition coefficient (Wildman–Crippen LogP) is 3.78. The molecule has 0 radical (unpaired) electrons. The summed E-state index contributed by atoms with van der Waals surface area (Å²) < 4.78 is 5.00. The van der Waals surface area contributed by atoms with Crippen molar-refractivity contribution in [2.24, 2.45) is 0 Å². The van der Waals surface area contributed by atoms with Crippen LogP contribution >= 0.6 is 17.1 Å². The van der Waals surface area contributed by atoms with E-state index < -0.39 is 5.69 Å². The molecule has 0 heterocycles. The molecule has 0 rings (SSSR count). The zero-order chi connectivity index (χ0) is 15.4. The highest BCUT2D eigenvalue weighted by atomic mass is 32.9. The van der Waals surface area contributed by atoms with Crippen molar-refractivity contribution in [1.29, 1.82) is 0 Å². The standard InChI is InChI=1S/C13H25O4PS2/c1-12(2)13(14)17-10-8-6-4-3-5-7-9-11-20-18(15,16)19/h1,3-11H2,2H3,(H2,15,16,19). The molecule has 0 aliphatic rings. The molecular formula is C13H25O4PS2. The molecule has 0 saturated heterocycles. The quantitative estimate of drug-likeness (QED) is 0.244. The van der Waals surface area contributed by atoms with Gasteiger partial charge in [0, 0.05) is 11.3 Å². The van der Waals surface area contributed by atoms with E-state index in [0.29, 0.717) is 12.2 Å². The molecule has 0 bridgehead atoms. The lowest BCUT2D eigenvalue weighted by Crippen LogP contribution is -2.05. The molecule has 4 nitrogen and oxygen atoms in total. The second-order valence-electron chi connectivity index (χ2n) is 4.71. The Hall–Kier alpha value is 0.130. The lowest BCUT2D eigenvalue weighted by atomic mass is 10.1. The number of hydrogen-bond acceptors (Lipinski definition) is 4. The second-order valence-corrected chi connectivity index (χ2v) is 10.9. The first kappa shape index (κ1) is 20.1. The summed E-state index contributed by atoms with van der Waals surface area (Å²) in [6.07, 6.45) is 7.46. The van der Waals surface area contributed by atoms with E-state index in [2.05, 4.69) is 18.4 Å². The van der Waals surface area contributed by atoms with Gasteiger partial charge < -0.3 is 14.5 Å². The summed E-state index contributed by atoms with van der Waals surface area (Å²) in [6.45, 7) is 5.64. The van der Waals surface area contributed by atoms with E-state index in [-0.39, 0.29) is 5.97 Å². The van der Waals surface area contributed by atoms with Crippen molar-refractivity contribution in [3.8, 4) is 0 Å². The van der Waals surface area contributed by atoms with Gasteiger partial charge in [0.25, 0.3) is 0 Å². The summed E-state index contributed by atoms with van der Waals surface area (Å²) >= 11 is 5.62. The monoisotopic (exact) mass is 340 g/mol. The Bertz CT molecular complexity index is 341. The van der Waals surface area contributed by atoms with Crippen LogP contribution in [0.3, 0.4) is 0 Å². The van der Waals surface area contributed by atoms with Gasteiger partial charge in [0.15, 0.2) is 0 Å². The molecule has 2 N–H and O–H groups in total. The Morgan fingerprint density at radius 3 is 2.15 bits per heavy atom. The van der Waals surface area contributed by atoms with Crippen LogP contribution in [0.1, 0.15) is 51.9 Å². The summed E-state index contributed by atoms with van der Waals surface area (Å²) in [7, 11) is 0. The van der Waals surface area contributed by atoms with Crippen LogP contribution in [0.25, 0.3) is 0 Å². The minimum atomic E-state index is -3.05. The number of esters is 1. The molecule has 0 amide bonds. The van der Waals surface area contributed by atoms with E-state index in [1.165, 1.54) is 0 Å². The number of carbonyl (C=O) groups excluding carboxylic acids is 1. The Morgan fingerprint density at radius 2 is 1.65 bits per heavy atom. The van der Waals surface area contributed by atoms with E-state index in [1.54, 1.807) is 6.92 Å². The van der Waals surface area contributed by atoms with E-state index in [4.69, 9.17) is 14.5 Å². The summed E-state index contributed by atoms with van der Waals surface area (Å²) in [5, 5.41) is 0. The SMILES string of the molecule is C=C(C)C(=O)OCCCCCCCCCSP(O)(O)=S. The van der Waals surface area contributed by atoms with Crippen LogP contribution in [0.15, 0.2) is 12.2 Å². The maximum atomic E-state index is 11.1. The highest BCUT2D eigenvalue weighted by Crippen LogP contribution is 2.50. The molecule has 0 aliphatic carbocycles. The van der Waals surface area contributed by atoms with Crippen LogP contribution in [0.5, 0.6) is 0 Å². The second kappa shape index (κ2) is 11.8. The molecule has 0 saturated carbocycles. The van der Waals surface area contributed by atoms with Crippen molar-refractivity contribution in [2.75, 3.05) is 12.4 Å². The minimum absolute atomic E-state index is 0.309. The molecule has 0 aliphatic heterocycles. The maximum absolute atomic E-state index is 11.1. The number of carbonyl (C=O) groups is 1. The Balaban J connectivity index is 3.20. The average molecular weight is 340 g/mol. The van der Waals surface area contributed by atoms with Gasteiger partial charge >= 0.3 is 5.97 Å². The zero-order valence-electron chi connectivity index (χ0n) is 12.0. The van der Waals surface area contributed by atoms with Crippen LogP contribution in [0, 0.1) is 0 Å². The van der Waals surface area contributed by atoms with Crippen LogP contribution in [0.4, 0.5) is 0 Å². The van der Waals surface area contributed by atoms with Gasteiger partial charge in [0.2, 0.25) is 5.69 Å². The van der Waals surface area contributed by atoms with Crippen LogP contribution in [-0.2, 0) is 21.3 Å². The fourth-order valence-corrected chi connectivity index (χ4v) is 3.90.